The van der Waals surface area contributed by atoms with Crippen LogP contribution in [-0.4, -0.2) is 0 Å². The van der Waals surface area contributed by atoms with Crippen molar-refractivity contribution in [3.63, 3.8) is 0 Å². The number of rotatable bonds is 5. The van der Waals surface area contributed by atoms with Crippen LogP contribution in [0.5, 0.6) is 0 Å². The smallest absolute Gasteiger partial charge is 0.123 e. The standard InChI is InChI=1S/C19H26.C6H4F2/c1-3-5-6-7-17-10-14-19(15-11-17)18-12-8-16(4-2)9-13-18;7-5-1-2-6(8)4-3-5/h3-5,8-9,12-13,17,19H,2,6-7,10-11,14-15H2,1H3;1-4H/b5-3+;. The number of benzene rings is 2. The molecule has 2 aromatic carbocycles. The molecule has 2 heteroatoms. The van der Waals surface area contributed by atoms with E-state index in [1.807, 2.05) is 6.08 Å². The lowest BCUT2D eigenvalue weighted by molar-refractivity contribution is 0.312. The molecule has 0 saturated heterocycles. The lowest BCUT2D eigenvalue weighted by Crippen LogP contribution is -2.13. The van der Waals surface area contributed by atoms with Gasteiger partial charge in [0.25, 0.3) is 0 Å². The van der Waals surface area contributed by atoms with E-state index >= 15 is 0 Å². The summed E-state index contributed by atoms with van der Waals surface area (Å²) >= 11 is 0. The molecular weight excluding hydrogens is 338 g/mol. The third-order valence-corrected chi connectivity index (χ3v) is 5.27. The molecule has 1 saturated carbocycles. The molecule has 0 aromatic heterocycles. The van der Waals surface area contributed by atoms with Crippen molar-refractivity contribution in [2.24, 2.45) is 5.92 Å². The first kappa shape index (κ1) is 21.1. The second-order valence-electron chi connectivity index (χ2n) is 7.17. The summed E-state index contributed by atoms with van der Waals surface area (Å²) in [6.07, 6.45) is 14.6. The van der Waals surface area contributed by atoms with Crippen molar-refractivity contribution in [1.82, 2.24) is 0 Å². The molecule has 3 rings (SSSR count). The molecule has 1 fully saturated rings. The molecule has 0 atom stereocenters. The summed E-state index contributed by atoms with van der Waals surface area (Å²) in [6, 6.07) is 13.3. The van der Waals surface area contributed by atoms with Gasteiger partial charge >= 0.3 is 0 Å². The van der Waals surface area contributed by atoms with E-state index in [1.165, 1.54) is 49.7 Å². The van der Waals surface area contributed by atoms with Crippen molar-refractivity contribution in [2.75, 3.05) is 0 Å². The van der Waals surface area contributed by atoms with E-state index in [1.54, 1.807) is 0 Å². The number of hydrogen-bond acceptors (Lipinski definition) is 0. The second kappa shape index (κ2) is 11.5. The first-order chi connectivity index (χ1) is 13.1. The Balaban J connectivity index is 0.000000273. The molecule has 1 aliphatic carbocycles. The van der Waals surface area contributed by atoms with Crippen LogP contribution < -0.4 is 0 Å². The highest BCUT2D eigenvalue weighted by Crippen LogP contribution is 2.37. The van der Waals surface area contributed by atoms with Gasteiger partial charge in [-0.15, -0.1) is 0 Å². The van der Waals surface area contributed by atoms with Crippen LogP contribution in [0.4, 0.5) is 8.78 Å². The van der Waals surface area contributed by atoms with E-state index in [9.17, 15) is 8.78 Å². The van der Waals surface area contributed by atoms with E-state index in [4.69, 9.17) is 0 Å². The van der Waals surface area contributed by atoms with Gasteiger partial charge in [-0.25, -0.2) is 8.78 Å². The van der Waals surface area contributed by atoms with Crippen LogP contribution in [0.2, 0.25) is 0 Å². The summed E-state index contributed by atoms with van der Waals surface area (Å²) in [5.74, 6) is 0.925. The zero-order valence-corrected chi connectivity index (χ0v) is 16.2. The molecule has 0 heterocycles. The summed E-state index contributed by atoms with van der Waals surface area (Å²) in [7, 11) is 0. The fourth-order valence-electron chi connectivity index (χ4n) is 3.62. The Hall–Kier alpha value is -2.22. The first-order valence-electron chi connectivity index (χ1n) is 9.87. The van der Waals surface area contributed by atoms with Crippen molar-refractivity contribution in [2.45, 2.75) is 51.4 Å². The maximum absolute atomic E-state index is 11.9. The van der Waals surface area contributed by atoms with Gasteiger partial charge in [0.05, 0.1) is 0 Å². The molecule has 0 nitrogen and oxygen atoms in total. The van der Waals surface area contributed by atoms with E-state index in [0.29, 0.717) is 0 Å². The molecule has 0 amide bonds. The van der Waals surface area contributed by atoms with Gasteiger partial charge in [-0.05, 0) is 92.7 Å². The Morgan fingerprint density at radius 1 is 0.889 bits per heavy atom. The summed E-state index contributed by atoms with van der Waals surface area (Å²) in [6.45, 7) is 5.93. The second-order valence-corrected chi connectivity index (χ2v) is 7.17. The molecular formula is C25H30F2. The van der Waals surface area contributed by atoms with Crippen LogP contribution in [0.15, 0.2) is 67.3 Å². The molecule has 0 radical (unpaired) electrons. The molecule has 144 valence electrons. The summed E-state index contributed by atoms with van der Waals surface area (Å²) in [5.41, 5.74) is 2.75. The highest BCUT2D eigenvalue weighted by atomic mass is 19.1. The fourth-order valence-corrected chi connectivity index (χ4v) is 3.62. The van der Waals surface area contributed by atoms with E-state index in [0.717, 1.165) is 36.1 Å². The third kappa shape index (κ3) is 7.50. The van der Waals surface area contributed by atoms with Gasteiger partial charge in [-0.1, -0.05) is 49.1 Å². The zero-order chi connectivity index (χ0) is 19.5. The van der Waals surface area contributed by atoms with Crippen LogP contribution in [0.1, 0.15) is 62.5 Å². The van der Waals surface area contributed by atoms with E-state index in [2.05, 4.69) is 49.9 Å². The van der Waals surface area contributed by atoms with Gasteiger partial charge < -0.3 is 0 Å². The average molecular weight is 369 g/mol. The normalized spacial score (nSPS) is 19.4. The van der Waals surface area contributed by atoms with Crippen LogP contribution in [-0.2, 0) is 0 Å². The fraction of sp³-hybridized carbons (Fsp3) is 0.360. The van der Waals surface area contributed by atoms with Crippen LogP contribution in [0.25, 0.3) is 6.08 Å². The van der Waals surface area contributed by atoms with Crippen LogP contribution in [0, 0.1) is 17.6 Å². The van der Waals surface area contributed by atoms with Crippen molar-refractivity contribution in [1.29, 1.82) is 0 Å². The number of halogens is 2. The Morgan fingerprint density at radius 3 is 1.93 bits per heavy atom. The summed E-state index contributed by atoms with van der Waals surface area (Å²) in [4.78, 5) is 0. The monoisotopic (exact) mass is 368 g/mol. The van der Waals surface area contributed by atoms with Crippen molar-refractivity contribution in [3.8, 4) is 0 Å². The highest BCUT2D eigenvalue weighted by molar-refractivity contribution is 5.47. The number of hydrogen-bond donors (Lipinski definition) is 0. The maximum atomic E-state index is 11.9. The topological polar surface area (TPSA) is 0 Å². The molecule has 0 bridgehead atoms. The highest BCUT2D eigenvalue weighted by Gasteiger charge is 2.21. The Kier molecular flexibility index (Phi) is 8.97. The maximum Gasteiger partial charge on any atom is 0.123 e. The van der Waals surface area contributed by atoms with Gasteiger partial charge in [0.15, 0.2) is 0 Å². The molecule has 27 heavy (non-hydrogen) atoms. The predicted molar refractivity (Wildman–Crippen MR) is 112 cm³/mol. The number of allylic oxidation sites excluding steroid dienone is 2. The molecule has 0 aliphatic heterocycles. The van der Waals surface area contributed by atoms with Crippen molar-refractivity contribution < 1.29 is 8.78 Å². The van der Waals surface area contributed by atoms with Gasteiger partial charge in [0, 0.05) is 0 Å². The minimum Gasteiger partial charge on any atom is -0.207 e. The Labute approximate surface area is 162 Å². The van der Waals surface area contributed by atoms with Gasteiger partial charge in [0.2, 0.25) is 0 Å². The first-order valence-corrected chi connectivity index (χ1v) is 9.87. The average Bonchev–Trinajstić information content (AvgIpc) is 2.71. The minimum absolute atomic E-state index is 0.411. The molecule has 1 aliphatic rings. The Bertz CT molecular complexity index is 669. The lowest BCUT2D eigenvalue weighted by atomic mass is 9.77. The summed E-state index contributed by atoms with van der Waals surface area (Å²) < 4.78 is 23.8. The largest absolute Gasteiger partial charge is 0.207 e. The molecule has 0 N–H and O–H groups in total. The molecule has 0 unspecified atom stereocenters. The van der Waals surface area contributed by atoms with Gasteiger partial charge in [-0.2, -0.15) is 0 Å². The third-order valence-electron chi connectivity index (χ3n) is 5.27. The summed E-state index contributed by atoms with van der Waals surface area (Å²) in [5, 5.41) is 0. The quantitative estimate of drug-likeness (QED) is 0.470. The van der Waals surface area contributed by atoms with E-state index in [-0.39, 0.29) is 0 Å². The minimum atomic E-state index is -0.411. The van der Waals surface area contributed by atoms with Gasteiger partial charge in [0.1, 0.15) is 11.6 Å². The predicted octanol–water partition coefficient (Wildman–Crippen LogP) is 7.92. The Morgan fingerprint density at radius 2 is 1.44 bits per heavy atom. The SMILES string of the molecule is C=Cc1ccc(C2CCC(CC/C=C/C)CC2)cc1.Fc1ccc(F)cc1. The lowest BCUT2D eigenvalue weighted by Gasteiger charge is -2.28. The van der Waals surface area contributed by atoms with Crippen molar-refractivity contribution >= 4 is 6.08 Å². The van der Waals surface area contributed by atoms with Crippen molar-refractivity contribution in [3.05, 3.63) is 90.0 Å². The van der Waals surface area contributed by atoms with Crippen LogP contribution >= 0.6 is 0 Å². The molecule has 0 spiro atoms. The zero-order valence-electron chi connectivity index (χ0n) is 16.2. The van der Waals surface area contributed by atoms with Crippen LogP contribution in [0.3, 0.4) is 0 Å². The molecule has 2 aromatic rings. The van der Waals surface area contributed by atoms with E-state index < -0.39 is 11.6 Å². The van der Waals surface area contributed by atoms with Gasteiger partial charge in [-0.3, -0.25) is 0 Å².